The average molecular weight is 461 g/mol. The van der Waals surface area contributed by atoms with Crippen LogP contribution in [0.25, 0.3) is 10.9 Å². The highest BCUT2D eigenvalue weighted by atomic mass is 16.5. The lowest BCUT2D eigenvalue weighted by atomic mass is 10.1. The highest BCUT2D eigenvalue weighted by Crippen LogP contribution is 2.19. The molecule has 0 atom stereocenters. The van der Waals surface area contributed by atoms with Crippen LogP contribution in [0.1, 0.15) is 31.2 Å². The first-order valence-corrected chi connectivity index (χ1v) is 12.0. The number of aromatic nitrogens is 1. The minimum Gasteiger partial charge on any atom is -0.445 e. The number of pyridine rings is 1. The highest BCUT2D eigenvalue weighted by Gasteiger charge is 2.21. The van der Waals surface area contributed by atoms with Crippen LogP contribution < -0.4 is 10.2 Å². The molecule has 1 aliphatic heterocycles. The molecule has 2 heterocycles. The Kier molecular flexibility index (Phi) is 8.32. The fraction of sp³-hybridized carbons (Fsp3) is 0.370. The summed E-state index contributed by atoms with van der Waals surface area (Å²) >= 11 is 0. The molecular formula is C27H32N4O3. The second-order valence-electron chi connectivity index (χ2n) is 8.53. The van der Waals surface area contributed by atoms with Crippen LogP contribution >= 0.6 is 0 Å². The molecule has 1 N–H and O–H groups in total. The predicted octanol–water partition coefficient (Wildman–Crippen LogP) is 4.37. The summed E-state index contributed by atoms with van der Waals surface area (Å²) < 4.78 is 5.19. The van der Waals surface area contributed by atoms with Crippen LogP contribution in [0.2, 0.25) is 0 Å². The van der Waals surface area contributed by atoms with E-state index in [2.05, 4.69) is 28.4 Å². The van der Waals surface area contributed by atoms with Crippen LogP contribution in [-0.4, -0.2) is 54.6 Å². The molecule has 0 bridgehead atoms. The van der Waals surface area contributed by atoms with E-state index >= 15 is 0 Å². The quantitative estimate of drug-likeness (QED) is 0.480. The maximum absolute atomic E-state index is 12.6. The lowest BCUT2D eigenvalue weighted by Gasteiger charge is -2.35. The van der Waals surface area contributed by atoms with Crippen LogP contribution in [0, 0.1) is 0 Å². The number of nitrogens with zero attached hydrogens (tertiary/aromatic N) is 3. The molecule has 2 aromatic carbocycles. The molecule has 4 rings (SSSR count). The van der Waals surface area contributed by atoms with Crippen molar-refractivity contribution in [3.8, 4) is 0 Å². The number of anilines is 1. The fourth-order valence-electron chi connectivity index (χ4n) is 4.12. The zero-order valence-electron chi connectivity index (χ0n) is 19.5. The lowest BCUT2D eigenvalue weighted by Crippen LogP contribution is -2.49. The van der Waals surface area contributed by atoms with Gasteiger partial charge in [0.1, 0.15) is 12.4 Å². The Labute approximate surface area is 200 Å². The fourth-order valence-corrected chi connectivity index (χ4v) is 4.12. The van der Waals surface area contributed by atoms with Gasteiger partial charge in [-0.05, 0) is 36.6 Å². The number of rotatable bonds is 9. The van der Waals surface area contributed by atoms with Gasteiger partial charge in [-0.1, -0.05) is 55.0 Å². The van der Waals surface area contributed by atoms with Gasteiger partial charge in [0.25, 0.3) is 0 Å². The number of carbonyl (C=O) groups is 2. The maximum Gasteiger partial charge on any atom is 0.407 e. The number of ether oxygens (including phenoxy) is 1. The molecule has 1 fully saturated rings. The van der Waals surface area contributed by atoms with Crippen molar-refractivity contribution in [2.45, 2.75) is 32.3 Å². The first-order valence-electron chi connectivity index (χ1n) is 12.0. The number of amides is 2. The Morgan fingerprint density at radius 3 is 2.44 bits per heavy atom. The van der Waals surface area contributed by atoms with Gasteiger partial charge in [-0.3, -0.25) is 4.79 Å². The number of hydrogen-bond acceptors (Lipinski definition) is 5. The molecule has 0 aliphatic carbocycles. The minimum atomic E-state index is -0.404. The van der Waals surface area contributed by atoms with Gasteiger partial charge in [0.05, 0.1) is 5.52 Å². The predicted molar refractivity (Wildman–Crippen MR) is 134 cm³/mol. The first kappa shape index (κ1) is 23.5. The zero-order valence-corrected chi connectivity index (χ0v) is 19.5. The van der Waals surface area contributed by atoms with Crippen molar-refractivity contribution >= 4 is 28.7 Å². The molecule has 7 nitrogen and oxygen atoms in total. The number of nitrogens with one attached hydrogen (secondary N) is 1. The molecule has 1 aromatic heterocycles. The van der Waals surface area contributed by atoms with Gasteiger partial charge < -0.3 is 19.9 Å². The molecule has 3 aromatic rings. The van der Waals surface area contributed by atoms with E-state index in [1.54, 1.807) is 0 Å². The van der Waals surface area contributed by atoms with Crippen molar-refractivity contribution in [2.24, 2.45) is 0 Å². The van der Waals surface area contributed by atoms with E-state index < -0.39 is 6.09 Å². The molecule has 0 radical (unpaired) electrons. The Morgan fingerprint density at radius 1 is 0.853 bits per heavy atom. The Balaban J connectivity index is 1.08. The Morgan fingerprint density at radius 2 is 1.62 bits per heavy atom. The normalized spacial score (nSPS) is 13.6. The van der Waals surface area contributed by atoms with Gasteiger partial charge in [0.2, 0.25) is 5.91 Å². The van der Waals surface area contributed by atoms with Crippen LogP contribution in [-0.2, 0) is 16.1 Å². The molecule has 1 aliphatic rings. The summed E-state index contributed by atoms with van der Waals surface area (Å²) in [5.41, 5.74) is 1.96. The lowest BCUT2D eigenvalue weighted by molar-refractivity contribution is -0.131. The van der Waals surface area contributed by atoms with Gasteiger partial charge in [-0.15, -0.1) is 0 Å². The van der Waals surface area contributed by atoms with E-state index in [0.29, 0.717) is 13.0 Å². The number of benzene rings is 2. The third kappa shape index (κ3) is 6.70. The van der Waals surface area contributed by atoms with Crippen molar-refractivity contribution in [1.29, 1.82) is 0 Å². The smallest absolute Gasteiger partial charge is 0.407 e. The number of hydrogen-bond donors (Lipinski definition) is 1. The van der Waals surface area contributed by atoms with E-state index in [1.807, 2.05) is 53.4 Å². The Bertz CT molecular complexity index is 1080. The molecule has 1 saturated heterocycles. The minimum absolute atomic E-state index is 0.210. The van der Waals surface area contributed by atoms with Crippen LogP contribution in [0.3, 0.4) is 0 Å². The second-order valence-corrected chi connectivity index (χ2v) is 8.53. The van der Waals surface area contributed by atoms with Gasteiger partial charge >= 0.3 is 6.09 Å². The number of carbonyl (C=O) groups excluding carboxylic acids is 2. The monoisotopic (exact) mass is 460 g/mol. The van der Waals surface area contributed by atoms with E-state index in [1.165, 1.54) is 0 Å². The SMILES string of the molecule is O=C(NCCCCCC(=O)N1CCN(c2ccc3ccccc3n2)CC1)OCc1ccccc1. The average Bonchev–Trinajstić information content (AvgIpc) is 2.89. The topological polar surface area (TPSA) is 74.8 Å². The van der Waals surface area contributed by atoms with Crippen molar-refractivity contribution in [3.05, 3.63) is 72.3 Å². The molecule has 34 heavy (non-hydrogen) atoms. The summed E-state index contributed by atoms with van der Waals surface area (Å²) in [5.74, 6) is 1.18. The standard InChI is InChI=1S/C27H32N4O3/c32-26(13-5-2-8-16-28-27(33)34-21-22-9-3-1-4-10-22)31-19-17-30(18-20-31)25-15-14-23-11-6-7-12-24(23)29-25/h1,3-4,6-7,9-12,14-15H,2,5,8,13,16-21H2,(H,28,33). The second kappa shape index (κ2) is 12.0. The van der Waals surface area contributed by atoms with Crippen molar-refractivity contribution < 1.29 is 14.3 Å². The van der Waals surface area contributed by atoms with Crippen LogP contribution in [0.4, 0.5) is 10.6 Å². The molecule has 178 valence electrons. The van der Waals surface area contributed by atoms with Gasteiger partial charge in [-0.25, -0.2) is 9.78 Å². The van der Waals surface area contributed by atoms with E-state index in [9.17, 15) is 9.59 Å². The number of unbranched alkanes of at least 4 members (excludes halogenated alkanes) is 2. The largest absolute Gasteiger partial charge is 0.445 e. The number of para-hydroxylation sites is 1. The summed E-state index contributed by atoms with van der Waals surface area (Å²) in [6, 6.07) is 21.9. The highest BCUT2D eigenvalue weighted by molar-refractivity contribution is 5.80. The van der Waals surface area contributed by atoms with Crippen LogP contribution in [0.15, 0.2) is 66.7 Å². The zero-order chi connectivity index (χ0) is 23.6. The number of alkyl carbamates (subject to hydrolysis) is 1. The molecule has 2 amide bonds. The summed E-state index contributed by atoms with van der Waals surface area (Å²) in [4.78, 5) is 33.3. The molecule has 0 spiro atoms. The van der Waals surface area contributed by atoms with Crippen molar-refractivity contribution in [3.63, 3.8) is 0 Å². The van der Waals surface area contributed by atoms with Gasteiger partial charge in [0, 0.05) is 44.5 Å². The maximum atomic E-state index is 12.6. The summed E-state index contributed by atoms with van der Waals surface area (Å²) in [7, 11) is 0. The van der Waals surface area contributed by atoms with Crippen molar-refractivity contribution in [2.75, 3.05) is 37.6 Å². The van der Waals surface area contributed by atoms with Gasteiger partial charge in [-0.2, -0.15) is 0 Å². The third-order valence-electron chi connectivity index (χ3n) is 6.09. The molecule has 0 unspecified atom stereocenters. The number of piperazine rings is 1. The first-order chi connectivity index (χ1) is 16.7. The van der Waals surface area contributed by atoms with E-state index in [4.69, 9.17) is 9.72 Å². The van der Waals surface area contributed by atoms with Gasteiger partial charge in [0.15, 0.2) is 0 Å². The van der Waals surface area contributed by atoms with E-state index in [0.717, 1.165) is 67.7 Å². The molecular weight excluding hydrogens is 428 g/mol. The number of fused-ring (bicyclic) bond motifs is 1. The van der Waals surface area contributed by atoms with Crippen molar-refractivity contribution in [1.82, 2.24) is 15.2 Å². The molecule has 0 saturated carbocycles. The summed E-state index contributed by atoms with van der Waals surface area (Å²) in [6.45, 7) is 3.87. The third-order valence-corrected chi connectivity index (χ3v) is 6.09. The summed E-state index contributed by atoms with van der Waals surface area (Å²) in [5, 5.41) is 3.91. The molecule has 7 heteroatoms. The van der Waals surface area contributed by atoms with E-state index in [-0.39, 0.29) is 12.5 Å². The Hall–Kier alpha value is -3.61. The van der Waals surface area contributed by atoms with Crippen LogP contribution in [0.5, 0.6) is 0 Å². The summed E-state index contributed by atoms with van der Waals surface area (Å²) in [6.07, 6.45) is 2.69.